The maximum atomic E-state index is 12.8. The Morgan fingerprint density at radius 1 is 1.28 bits per heavy atom. The molecule has 0 N–H and O–H groups in total. The molecule has 2 heterocycles. The van der Waals surface area contributed by atoms with Gasteiger partial charge in [0, 0.05) is 6.54 Å². The van der Waals surface area contributed by atoms with Gasteiger partial charge in [-0.2, -0.15) is 4.31 Å². The molecule has 1 aliphatic heterocycles. The smallest absolute Gasteiger partial charge is 0.316 e. The highest BCUT2D eigenvalue weighted by Crippen LogP contribution is 2.26. The van der Waals surface area contributed by atoms with Gasteiger partial charge in [0.15, 0.2) is 0 Å². The number of hydrogen-bond acceptors (Lipinski definition) is 6. The topological polar surface area (TPSA) is 81.6 Å². The summed E-state index contributed by atoms with van der Waals surface area (Å²) in [6.45, 7) is 2.44. The molecule has 25 heavy (non-hydrogen) atoms. The van der Waals surface area contributed by atoms with E-state index in [1.807, 2.05) is 6.92 Å². The minimum absolute atomic E-state index is 0.189. The Bertz CT molecular complexity index is 858. The van der Waals surface area contributed by atoms with Gasteiger partial charge < -0.3 is 9.47 Å². The first-order valence-corrected chi connectivity index (χ1v) is 9.51. The maximum absolute atomic E-state index is 12.8. The van der Waals surface area contributed by atoms with Gasteiger partial charge in [-0.25, -0.2) is 18.4 Å². The van der Waals surface area contributed by atoms with E-state index >= 15 is 0 Å². The van der Waals surface area contributed by atoms with Gasteiger partial charge in [-0.05, 0) is 37.1 Å². The quantitative estimate of drug-likeness (QED) is 0.787. The molecule has 0 amide bonds. The zero-order valence-corrected chi connectivity index (χ0v) is 15.4. The summed E-state index contributed by atoms with van der Waals surface area (Å²) < 4.78 is 37.9. The first-order valence-electron chi connectivity index (χ1n) is 7.69. The minimum Gasteiger partial charge on any atom is -0.496 e. The minimum atomic E-state index is -3.58. The Balaban J connectivity index is 1.71. The van der Waals surface area contributed by atoms with Gasteiger partial charge in [-0.15, -0.1) is 0 Å². The van der Waals surface area contributed by atoms with Crippen molar-refractivity contribution in [3.8, 4) is 11.8 Å². The van der Waals surface area contributed by atoms with Crippen LogP contribution in [0.5, 0.6) is 11.8 Å². The van der Waals surface area contributed by atoms with E-state index in [1.54, 1.807) is 25.3 Å². The van der Waals surface area contributed by atoms with Crippen molar-refractivity contribution in [3.63, 3.8) is 0 Å². The van der Waals surface area contributed by atoms with E-state index in [0.29, 0.717) is 23.7 Å². The van der Waals surface area contributed by atoms with E-state index in [-0.39, 0.29) is 23.6 Å². The average molecular weight is 384 g/mol. The molecule has 7 nitrogen and oxygen atoms in total. The van der Waals surface area contributed by atoms with Crippen molar-refractivity contribution in [3.05, 3.63) is 41.2 Å². The van der Waals surface area contributed by atoms with E-state index in [9.17, 15) is 8.42 Å². The molecule has 1 aliphatic rings. The van der Waals surface area contributed by atoms with Gasteiger partial charge in [0.1, 0.15) is 11.9 Å². The summed E-state index contributed by atoms with van der Waals surface area (Å²) in [4.78, 5) is 8.19. The van der Waals surface area contributed by atoms with Crippen molar-refractivity contribution >= 4 is 21.6 Å². The molecule has 0 aliphatic carbocycles. The van der Waals surface area contributed by atoms with E-state index in [1.165, 1.54) is 16.7 Å². The third-order valence-corrected chi connectivity index (χ3v) is 6.04. The Kier molecular flexibility index (Phi) is 5.12. The molecule has 1 saturated heterocycles. The van der Waals surface area contributed by atoms with Gasteiger partial charge >= 0.3 is 6.01 Å². The van der Waals surface area contributed by atoms with Crippen molar-refractivity contribution < 1.29 is 17.9 Å². The summed E-state index contributed by atoms with van der Waals surface area (Å²) in [7, 11) is -2.03. The molecule has 0 radical (unpaired) electrons. The van der Waals surface area contributed by atoms with Crippen LogP contribution in [0.1, 0.15) is 12.0 Å². The number of nitrogens with zero attached hydrogens (tertiary/aromatic N) is 3. The number of benzene rings is 1. The van der Waals surface area contributed by atoms with Crippen LogP contribution in [0.15, 0.2) is 35.5 Å². The molecule has 1 aromatic carbocycles. The third kappa shape index (κ3) is 3.86. The summed E-state index contributed by atoms with van der Waals surface area (Å²) in [6, 6.07) is 5.02. The fourth-order valence-electron chi connectivity index (χ4n) is 2.68. The largest absolute Gasteiger partial charge is 0.496 e. The fraction of sp³-hybridized carbons (Fsp3) is 0.375. The van der Waals surface area contributed by atoms with E-state index in [0.717, 1.165) is 5.56 Å². The van der Waals surface area contributed by atoms with Crippen LogP contribution in [0.25, 0.3) is 0 Å². The van der Waals surface area contributed by atoms with Crippen molar-refractivity contribution in [1.82, 2.24) is 14.3 Å². The molecule has 134 valence electrons. The standard InChI is InChI=1S/C16H18ClN3O4S/c1-11-7-14(3-4-15(11)23-2)25(21,22)20-6-5-13(10-20)24-16-18-8-12(17)9-19-16/h3-4,7-9,13H,5-6,10H2,1-2H3/t13-/m0/s1. The van der Waals surface area contributed by atoms with Crippen molar-refractivity contribution in [2.24, 2.45) is 0 Å². The fourth-order valence-corrected chi connectivity index (χ4v) is 4.35. The van der Waals surface area contributed by atoms with Crippen molar-refractivity contribution in [2.75, 3.05) is 20.2 Å². The number of methoxy groups -OCH3 is 1. The SMILES string of the molecule is COc1ccc(S(=O)(=O)N2CC[C@H](Oc3ncc(Cl)cn3)C2)cc1C. The predicted octanol–water partition coefficient (Wildman–Crippen LogP) is 2.29. The number of halogens is 1. The monoisotopic (exact) mass is 383 g/mol. The molecule has 0 unspecified atom stereocenters. The second-order valence-corrected chi connectivity index (χ2v) is 8.08. The highest BCUT2D eigenvalue weighted by atomic mass is 35.5. The molecular weight excluding hydrogens is 366 g/mol. The van der Waals surface area contributed by atoms with Gasteiger partial charge in [-0.1, -0.05) is 11.6 Å². The number of ether oxygens (including phenoxy) is 2. The molecule has 9 heteroatoms. The average Bonchev–Trinajstić information content (AvgIpc) is 3.06. The van der Waals surface area contributed by atoms with Gasteiger partial charge in [0.2, 0.25) is 10.0 Å². The first-order chi connectivity index (χ1) is 11.9. The van der Waals surface area contributed by atoms with Crippen molar-refractivity contribution in [2.45, 2.75) is 24.3 Å². The van der Waals surface area contributed by atoms with Crippen LogP contribution in [0.3, 0.4) is 0 Å². The lowest BCUT2D eigenvalue weighted by molar-refractivity contribution is 0.197. The first kappa shape index (κ1) is 17.9. The Labute approximate surface area is 151 Å². The van der Waals surface area contributed by atoms with Crippen molar-refractivity contribution in [1.29, 1.82) is 0 Å². The van der Waals surface area contributed by atoms with Crippen LogP contribution in [0, 0.1) is 6.92 Å². The summed E-state index contributed by atoms with van der Waals surface area (Å²) in [5, 5.41) is 0.415. The highest BCUT2D eigenvalue weighted by molar-refractivity contribution is 7.89. The summed E-state index contributed by atoms with van der Waals surface area (Å²) in [5.74, 6) is 0.654. The summed E-state index contributed by atoms with van der Waals surface area (Å²) >= 11 is 5.74. The van der Waals surface area contributed by atoms with Crippen LogP contribution >= 0.6 is 11.6 Å². The highest BCUT2D eigenvalue weighted by Gasteiger charge is 2.34. The predicted molar refractivity (Wildman–Crippen MR) is 92.6 cm³/mol. The molecule has 1 aromatic heterocycles. The van der Waals surface area contributed by atoms with Gasteiger partial charge in [-0.3, -0.25) is 0 Å². The second kappa shape index (κ2) is 7.15. The van der Waals surface area contributed by atoms with Crippen LogP contribution in [0.4, 0.5) is 0 Å². The summed E-state index contributed by atoms with van der Waals surface area (Å²) in [5.41, 5.74) is 0.769. The molecule has 1 atom stereocenters. The second-order valence-electron chi connectivity index (χ2n) is 5.71. The molecular formula is C16H18ClN3O4S. The molecule has 0 bridgehead atoms. The number of aromatic nitrogens is 2. The van der Waals surface area contributed by atoms with E-state index in [2.05, 4.69) is 9.97 Å². The Hall–Kier alpha value is -1.90. The number of aryl methyl sites for hydroxylation is 1. The molecule has 3 rings (SSSR count). The van der Waals surface area contributed by atoms with E-state index in [4.69, 9.17) is 21.1 Å². The number of hydrogen-bond donors (Lipinski definition) is 0. The molecule has 1 fully saturated rings. The van der Waals surface area contributed by atoms with Crippen LogP contribution in [0.2, 0.25) is 5.02 Å². The zero-order chi connectivity index (χ0) is 18.0. The van der Waals surface area contributed by atoms with E-state index < -0.39 is 10.0 Å². The zero-order valence-electron chi connectivity index (χ0n) is 13.8. The number of rotatable bonds is 5. The van der Waals surface area contributed by atoms with Gasteiger partial charge in [0.05, 0.1) is 36.0 Å². The normalized spacial score (nSPS) is 18.3. The maximum Gasteiger partial charge on any atom is 0.316 e. The lowest BCUT2D eigenvalue weighted by Gasteiger charge is -2.17. The lowest BCUT2D eigenvalue weighted by atomic mass is 10.2. The molecule has 2 aromatic rings. The van der Waals surface area contributed by atoms with Crippen LogP contribution < -0.4 is 9.47 Å². The van der Waals surface area contributed by atoms with Crippen LogP contribution in [-0.2, 0) is 10.0 Å². The summed E-state index contributed by atoms with van der Waals surface area (Å²) in [6.07, 6.45) is 3.15. The molecule has 0 saturated carbocycles. The Morgan fingerprint density at radius 3 is 2.64 bits per heavy atom. The van der Waals surface area contributed by atoms with Crippen LogP contribution in [-0.4, -0.2) is 49.0 Å². The Morgan fingerprint density at radius 2 is 2.00 bits per heavy atom. The van der Waals surface area contributed by atoms with Gasteiger partial charge in [0.25, 0.3) is 0 Å². The third-order valence-electron chi connectivity index (χ3n) is 3.98. The number of sulfonamides is 1. The molecule has 0 spiro atoms. The lowest BCUT2D eigenvalue weighted by Crippen LogP contribution is -2.31.